The van der Waals surface area contributed by atoms with Gasteiger partial charge in [0.2, 0.25) is 0 Å². The van der Waals surface area contributed by atoms with E-state index in [0.29, 0.717) is 12.0 Å². The third kappa shape index (κ3) is 4.17. The van der Waals surface area contributed by atoms with E-state index in [1.165, 1.54) is 39.0 Å². The molecule has 0 amide bonds. The van der Waals surface area contributed by atoms with E-state index in [0.717, 1.165) is 19.3 Å². The minimum absolute atomic E-state index is 0.0845. The molecular weight excluding hydrogens is 516 g/mol. The van der Waals surface area contributed by atoms with E-state index in [-0.39, 0.29) is 12.8 Å². The van der Waals surface area contributed by atoms with Gasteiger partial charge < -0.3 is 29.2 Å². The van der Waals surface area contributed by atoms with Crippen LogP contribution < -0.4 is 0 Å². The predicted octanol–water partition coefficient (Wildman–Crippen LogP) is 3.77. The van der Waals surface area contributed by atoms with E-state index in [4.69, 9.17) is 18.9 Å². The molecule has 0 aromatic rings. The maximum absolute atomic E-state index is 13.3. The topological polar surface area (TPSA) is 132 Å². The summed E-state index contributed by atoms with van der Waals surface area (Å²) in [7, 11) is 0. The number of carbonyl (C=O) groups excluding carboxylic acids is 3. The van der Waals surface area contributed by atoms with E-state index in [1.807, 2.05) is 0 Å². The Morgan fingerprint density at radius 3 is 2.27 bits per heavy atom. The first-order valence-corrected chi connectivity index (χ1v) is 15.3. The first-order chi connectivity index (χ1) is 19.0. The Hall–Kier alpha value is -1.97. The number of ether oxygens (including phenoxy) is 4. The van der Waals surface area contributed by atoms with Gasteiger partial charge in [0.15, 0.2) is 11.7 Å². The maximum Gasteiger partial charge on any atom is 0.313 e. The average Bonchev–Trinajstić information content (AvgIpc) is 3.49. The highest BCUT2D eigenvalue weighted by molar-refractivity contribution is 5.82. The molecule has 2 aliphatic carbocycles. The molecule has 5 fully saturated rings. The largest absolute Gasteiger partial charge is 0.458 e. The second-order valence-electron chi connectivity index (χ2n) is 13.1. The van der Waals surface area contributed by atoms with Crippen LogP contribution in [0.15, 0.2) is 12.2 Å². The first kappa shape index (κ1) is 29.5. The molecule has 5 rings (SSSR count). The van der Waals surface area contributed by atoms with Gasteiger partial charge in [-0.3, -0.25) is 14.4 Å². The SMILES string of the molecule is C=C(C)[C@@H]1[C@H]2OC(=O)[C@@H]1[C@]1(O)[C@H]3O[C@H]3[C@]3(C[C@@H]([C@H](C)O)C(=O)O3)[C@]1(C)[C@@H]2OC(=O)CCCCCCCCCCC. The summed E-state index contributed by atoms with van der Waals surface area (Å²) in [6.45, 7) is 11.3. The minimum Gasteiger partial charge on any atom is -0.458 e. The number of epoxide rings is 1. The van der Waals surface area contributed by atoms with Gasteiger partial charge in [0.1, 0.15) is 23.9 Å². The average molecular weight is 563 g/mol. The van der Waals surface area contributed by atoms with Crippen molar-refractivity contribution in [3.8, 4) is 0 Å². The van der Waals surface area contributed by atoms with Gasteiger partial charge in [0.25, 0.3) is 0 Å². The van der Waals surface area contributed by atoms with Crippen LogP contribution in [0.25, 0.3) is 0 Å². The monoisotopic (exact) mass is 562 g/mol. The van der Waals surface area contributed by atoms with Gasteiger partial charge >= 0.3 is 17.9 Å². The number of aliphatic hydroxyl groups excluding tert-OH is 1. The molecule has 2 saturated carbocycles. The van der Waals surface area contributed by atoms with Crippen molar-refractivity contribution in [3.63, 3.8) is 0 Å². The second kappa shape index (κ2) is 10.7. The number of fused-ring (bicyclic) bond motifs is 8. The van der Waals surface area contributed by atoms with E-state index in [2.05, 4.69) is 13.5 Å². The van der Waals surface area contributed by atoms with Gasteiger partial charge in [-0.15, -0.1) is 0 Å². The smallest absolute Gasteiger partial charge is 0.313 e. The maximum atomic E-state index is 13.3. The van der Waals surface area contributed by atoms with Crippen LogP contribution in [0.2, 0.25) is 0 Å². The molecule has 1 spiro atoms. The number of unbranched alkanes of at least 4 members (excludes halogenated alkanes) is 8. The molecule has 5 aliphatic rings. The van der Waals surface area contributed by atoms with E-state index in [1.54, 1.807) is 13.8 Å². The third-order valence-corrected chi connectivity index (χ3v) is 10.7. The van der Waals surface area contributed by atoms with Crippen molar-refractivity contribution < 1.29 is 43.5 Å². The molecule has 224 valence electrons. The number of carbonyl (C=O) groups is 3. The van der Waals surface area contributed by atoms with Gasteiger partial charge in [-0.25, -0.2) is 0 Å². The highest BCUT2D eigenvalue weighted by Crippen LogP contribution is 2.75. The second-order valence-corrected chi connectivity index (χ2v) is 13.1. The van der Waals surface area contributed by atoms with Crippen molar-refractivity contribution in [3.05, 3.63) is 12.2 Å². The molecular formula is C31H46O9. The molecule has 0 unspecified atom stereocenters. The lowest BCUT2D eigenvalue weighted by Gasteiger charge is -2.57. The molecule has 2 N–H and O–H groups in total. The normalized spacial score (nSPS) is 43.2. The minimum atomic E-state index is -1.82. The Morgan fingerprint density at radius 1 is 1.07 bits per heavy atom. The number of esters is 3. The zero-order chi connectivity index (χ0) is 29.0. The molecule has 0 aromatic heterocycles. The van der Waals surface area contributed by atoms with Crippen molar-refractivity contribution in [2.24, 2.45) is 23.2 Å². The Labute approximate surface area is 236 Å². The van der Waals surface area contributed by atoms with Crippen molar-refractivity contribution in [2.45, 2.75) is 140 Å². The number of rotatable bonds is 13. The third-order valence-electron chi connectivity index (χ3n) is 10.7. The van der Waals surface area contributed by atoms with E-state index >= 15 is 0 Å². The first-order valence-electron chi connectivity index (χ1n) is 15.3. The van der Waals surface area contributed by atoms with Crippen LogP contribution in [-0.2, 0) is 33.3 Å². The fraction of sp³-hybridized carbons (Fsp3) is 0.839. The summed E-state index contributed by atoms with van der Waals surface area (Å²) in [5.41, 5.74) is -3.95. The molecule has 3 heterocycles. The van der Waals surface area contributed by atoms with E-state index in [9.17, 15) is 24.6 Å². The van der Waals surface area contributed by atoms with Crippen LogP contribution >= 0.6 is 0 Å². The highest BCUT2D eigenvalue weighted by Gasteiger charge is 2.93. The lowest BCUT2D eigenvalue weighted by Crippen LogP contribution is -2.73. The lowest BCUT2D eigenvalue weighted by atomic mass is 9.50. The van der Waals surface area contributed by atoms with Crippen molar-refractivity contribution in [1.29, 1.82) is 0 Å². The summed E-state index contributed by atoms with van der Waals surface area (Å²) in [6.07, 6.45) is 5.92. The van der Waals surface area contributed by atoms with Crippen molar-refractivity contribution in [1.82, 2.24) is 0 Å². The molecule has 9 nitrogen and oxygen atoms in total. The zero-order valence-corrected chi connectivity index (χ0v) is 24.4. The summed E-state index contributed by atoms with van der Waals surface area (Å²) in [5.74, 6) is -4.02. The van der Waals surface area contributed by atoms with E-state index < -0.39 is 82.8 Å². The molecule has 0 aromatic carbocycles. The summed E-state index contributed by atoms with van der Waals surface area (Å²) >= 11 is 0. The van der Waals surface area contributed by atoms with Gasteiger partial charge in [-0.2, -0.15) is 0 Å². The Kier molecular flexibility index (Phi) is 7.90. The van der Waals surface area contributed by atoms with Crippen LogP contribution in [0.5, 0.6) is 0 Å². The van der Waals surface area contributed by atoms with Gasteiger partial charge in [-0.05, 0) is 27.2 Å². The summed E-state index contributed by atoms with van der Waals surface area (Å²) < 4.78 is 24.0. The molecule has 3 aliphatic heterocycles. The molecule has 11 atom stereocenters. The quantitative estimate of drug-likeness (QED) is 0.113. The number of aliphatic hydroxyl groups is 2. The molecule has 9 heteroatoms. The lowest BCUT2D eigenvalue weighted by molar-refractivity contribution is -0.276. The van der Waals surface area contributed by atoms with Crippen LogP contribution in [0, 0.1) is 23.2 Å². The zero-order valence-electron chi connectivity index (χ0n) is 24.4. The van der Waals surface area contributed by atoms with Crippen molar-refractivity contribution >= 4 is 17.9 Å². The van der Waals surface area contributed by atoms with Crippen molar-refractivity contribution in [2.75, 3.05) is 0 Å². The molecule has 2 bridgehead atoms. The molecule has 40 heavy (non-hydrogen) atoms. The fourth-order valence-corrected chi connectivity index (χ4v) is 8.45. The molecule has 3 saturated heterocycles. The Morgan fingerprint density at radius 2 is 1.70 bits per heavy atom. The number of hydrogen-bond acceptors (Lipinski definition) is 9. The van der Waals surface area contributed by atoms with Crippen LogP contribution in [0.4, 0.5) is 0 Å². The van der Waals surface area contributed by atoms with Crippen LogP contribution in [0.3, 0.4) is 0 Å². The molecule has 0 radical (unpaired) electrons. The van der Waals surface area contributed by atoms with Crippen LogP contribution in [-0.4, -0.2) is 69.8 Å². The summed E-state index contributed by atoms with van der Waals surface area (Å²) in [4.78, 5) is 39.5. The van der Waals surface area contributed by atoms with Gasteiger partial charge in [0.05, 0.1) is 23.4 Å². The number of hydrogen-bond donors (Lipinski definition) is 2. The standard InChI is InChI=1S/C31H46O9/c1-6-7-8-9-10-11-12-13-14-15-20(33)37-24-23-21(17(2)3)22(28(35)38-23)31(36)26-25(39-26)30(29(24,31)5)16-19(18(4)32)27(34)40-30/h18-19,21-26,32,36H,2,6-16H2,1,3-5H3/t18-,19-,21-,22+,23+,24+,25+,26-,29-,30+,31-/m0/s1. The van der Waals surface area contributed by atoms with Gasteiger partial charge in [0, 0.05) is 18.8 Å². The van der Waals surface area contributed by atoms with Gasteiger partial charge in [-0.1, -0.05) is 70.4 Å². The fourth-order valence-electron chi connectivity index (χ4n) is 8.45. The Balaban J connectivity index is 1.36. The predicted molar refractivity (Wildman–Crippen MR) is 144 cm³/mol. The summed E-state index contributed by atoms with van der Waals surface area (Å²) in [5, 5.41) is 22.8. The van der Waals surface area contributed by atoms with Crippen LogP contribution in [0.1, 0.15) is 98.3 Å². The summed E-state index contributed by atoms with van der Waals surface area (Å²) in [6, 6.07) is 0. The Bertz CT molecular complexity index is 1040. The highest BCUT2D eigenvalue weighted by atomic mass is 16.7.